The Bertz CT molecular complexity index is 5280. The predicted molar refractivity (Wildman–Crippen MR) is 345 cm³/mol. The summed E-state index contributed by atoms with van der Waals surface area (Å²) in [7, 11) is 0. The van der Waals surface area contributed by atoms with Crippen molar-refractivity contribution in [2.45, 2.75) is 0 Å². The van der Waals surface area contributed by atoms with Gasteiger partial charge in [0.25, 0.3) is 0 Å². The molecule has 368 valence electrons. The number of hydrogen-bond acceptors (Lipinski definition) is 0. The van der Waals surface area contributed by atoms with Crippen molar-refractivity contribution in [2.24, 2.45) is 0 Å². The molecule has 0 radical (unpaired) electrons. The van der Waals surface area contributed by atoms with E-state index < -0.39 is 0 Å². The Morgan fingerprint density at radius 2 is 0.463 bits per heavy atom. The van der Waals surface area contributed by atoms with Crippen molar-refractivity contribution in [2.75, 3.05) is 0 Å². The lowest BCUT2D eigenvalue weighted by atomic mass is 9.83. The number of fused-ring (bicyclic) bond motifs is 8. The van der Waals surface area contributed by atoms with Crippen LogP contribution in [0.15, 0.2) is 291 Å². The Morgan fingerprint density at radius 1 is 0.138 bits per heavy atom. The summed E-state index contributed by atoms with van der Waals surface area (Å²) < 4.78 is 0. The van der Waals surface area contributed by atoms with E-state index in [1.807, 2.05) is 0 Å². The fourth-order valence-electron chi connectivity index (χ4n) is 14.0. The van der Waals surface area contributed by atoms with E-state index in [4.69, 9.17) is 0 Å². The van der Waals surface area contributed by atoms with Gasteiger partial charge in [-0.15, -0.1) is 0 Å². The van der Waals surface area contributed by atoms with E-state index in [9.17, 15) is 0 Å². The molecular weight excluding hydrogens is 961 g/mol. The fourth-order valence-corrected chi connectivity index (χ4v) is 14.0. The molecule has 0 saturated carbocycles. The lowest BCUT2D eigenvalue weighted by Gasteiger charge is -2.20. The second kappa shape index (κ2) is 17.6. The average Bonchev–Trinajstić information content (AvgIpc) is 3.57. The Kier molecular flexibility index (Phi) is 9.81. The molecule has 0 unspecified atom stereocenters. The van der Waals surface area contributed by atoms with Crippen molar-refractivity contribution < 1.29 is 0 Å². The van der Waals surface area contributed by atoms with Crippen LogP contribution in [0, 0.1) is 0 Å². The maximum atomic E-state index is 2.45. The molecule has 0 amide bonds. The third kappa shape index (κ3) is 6.76. The van der Waals surface area contributed by atoms with Crippen LogP contribution in [0.25, 0.3) is 174 Å². The topological polar surface area (TPSA) is 0 Å². The van der Waals surface area contributed by atoms with Crippen LogP contribution in [0.4, 0.5) is 0 Å². The molecule has 0 heteroatoms. The molecule has 0 saturated heterocycles. The van der Waals surface area contributed by atoms with Gasteiger partial charge in [0.05, 0.1) is 0 Å². The summed E-state index contributed by atoms with van der Waals surface area (Å²) in [5, 5.41) is 25.5. The van der Waals surface area contributed by atoms with Gasteiger partial charge in [-0.3, -0.25) is 0 Å². The summed E-state index contributed by atoms with van der Waals surface area (Å²) in [4.78, 5) is 0. The van der Waals surface area contributed by atoms with Crippen molar-refractivity contribution in [3.8, 4) is 66.8 Å². The fraction of sp³-hybridized carbons (Fsp3) is 0. The first-order chi connectivity index (χ1) is 39.7. The van der Waals surface area contributed by atoms with E-state index in [0.29, 0.717) is 0 Å². The zero-order valence-electron chi connectivity index (χ0n) is 43.7. The molecule has 0 aliphatic carbocycles. The molecule has 0 atom stereocenters. The summed E-state index contributed by atoms with van der Waals surface area (Å²) in [6.45, 7) is 0. The Morgan fingerprint density at radius 3 is 0.988 bits per heavy atom. The molecular formula is C80H48. The van der Waals surface area contributed by atoms with Gasteiger partial charge in [-0.25, -0.2) is 0 Å². The molecule has 0 aromatic heterocycles. The molecule has 17 aromatic rings. The number of hydrogen-bond donors (Lipinski definition) is 0. The highest BCUT2D eigenvalue weighted by Crippen LogP contribution is 2.49. The zero-order chi connectivity index (χ0) is 52.4. The smallest absolute Gasteiger partial charge is 0.00201 e. The predicted octanol–water partition coefficient (Wildman–Crippen LogP) is 22.7. The quantitative estimate of drug-likeness (QED) is 0.115. The summed E-state index contributed by atoms with van der Waals surface area (Å²) >= 11 is 0. The van der Waals surface area contributed by atoms with Crippen LogP contribution in [0.3, 0.4) is 0 Å². The van der Waals surface area contributed by atoms with Gasteiger partial charge in [-0.1, -0.05) is 273 Å². The summed E-state index contributed by atoms with van der Waals surface area (Å²) in [6, 6.07) is 109. The summed E-state index contributed by atoms with van der Waals surface area (Å²) in [5.41, 5.74) is 14.8. The first kappa shape index (κ1) is 44.7. The summed E-state index contributed by atoms with van der Waals surface area (Å²) in [6.07, 6.45) is 0. The highest BCUT2D eigenvalue weighted by atomic mass is 14.2. The molecule has 0 heterocycles. The van der Waals surface area contributed by atoms with Crippen molar-refractivity contribution in [1.82, 2.24) is 0 Å². The van der Waals surface area contributed by atoms with E-state index in [1.54, 1.807) is 0 Å². The van der Waals surface area contributed by atoms with Crippen molar-refractivity contribution in [1.29, 1.82) is 0 Å². The zero-order valence-corrected chi connectivity index (χ0v) is 43.7. The van der Waals surface area contributed by atoms with E-state index in [0.717, 1.165) is 0 Å². The Labute approximate surface area is 463 Å². The van der Waals surface area contributed by atoms with Gasteiger partial charge in [-0.05, 0) is 193 Å². The minimum Gasteiger partial charge on any atom is -0.0616 e. The molecule has 0 fully saturated rings. The van der Waals surface area contributed by atoms with Crippen LogP contribution in [0.1, 0.15) is 0 Å². The van der Waals surface area contributed by atoms with Crippen LogP contribution < -0.4 is 0 Å². The maximum Gasteiger partial charge on any atom is -0.00201 e. The highest BCUT2D eigenvalue weighted by Gasteiger charge is 2.21. The van der Waals surface area contributed by atoms with Gasteiger partial charge >= 0.3 is 0 Å². The van der Waals surface area contributed by atoms with E-state index in [2.05, 4.69) is 291 Å². The minimum absolute atomic E-state index is 1.18. The SMILES string of the molecule is c1ccc2cc(-c3c4ccccc4c(-c4ccc5ccccc5c4)c4cc(-c5ccc(-c6c7ccccc7c(-c7ccc(-c8ccc9c%10cccc%11cccc(c%12cccc8c%129)c%11%10)cc7)c7ccccc67)cc5)ccc34)ccc2c1. The van der Waals surface area contributed by atoms with Gasteiger partial charge < -0.3 is 0 Å². The monoisotopic (exact) mass is 1010 g/mol. The average molecular weight is 1010 g/mol. The van der Waals surface area contributed by atoms with Crippen LogP contribution in [0.2, 0.25) is 0 Å². The van der Waals surface area contributed by atoms with Gasteiger partial charge in [0, 0.05) is 0 Å². The number of rotatable bonds is 6. The molecule has 17 rings (SSSR count). The Balaban J connectivity index is 0.789. The van der Waals surface area contributed by atoms with E-state index >= 15 is 0 Å². The molecule has 0 N–H and O–H groups in total. The summed E-state index contributed by atoms with van der Waals surface area (Å²) in [5.74, 6) is 0. The molecule has 0 spiro atoms. The lowest BCUT2D eigenvalue weighted by molar-refractivity contribution is 1.62. The van der Waals surface area contributed by atoms with Gasteiger partial charge in [0.1, 0.15) is 0 Å². The molecule has 17 aromatic carbocycles. The Hall–Kier alpha value is -10.4. The van der Waals surface area contributed by atoms with Crippen LogP contribution >= 0.6 is 0 Å². The van der Waals surface area contributed by atoms with E-state index in [-0.39, 0.29) is 0 Å². The largest absolute Gasteiger partial charge is 0.0616 e. The second-order valence-electron chi connectivity index (χ2n) is 21.8. The molecule has 0 aliphatic heterocycles. The third-order valence-corrected chi connectivity index (χ3v) is 17.5. The lowest BCUT2D eigenvalue weighted by Crippen LogP contribution is -1.92. The van der Waals surface area contributed by atoms with Gasteiger partial charge in [-0.2, -0.15) is 0 Å². The van der Waals surface area contributed by atoms with Crippen LogP contribution in [0.5, 0.6) is 0 Å². The number of benzene rings is 17. The molecule has 0 aliphatic rings. The first-order valence-electron chi connectivity index (χ1n) is 27.9. The molecule has 80 heavy (non-hydrogen) atoms. The van der Waals surface area contributed by atoms with Gasteiger partial charge in [0.2, 0.25) is 0 Å². The van der Waals surface area contributed by atoms with E-state index in [1.165, 1.54) is 174 Å². The van der Waals surface area contributed by atoms with Crippen LogP contribution in [-0.2, 0) is 0 Å². The second-order valence-corrected chi connectivity index (χ2v) is 21.8. The standard InChI is InChI=1S/C80H48/c1-3-16-56-46-59(40-32-49(56)14-1)78-67-24-9-10-25-68(67)79(60-41-33-50-15-2-4-17-57(50)47-60)74-48-58(42-43-73(74)78)51-30-36-54(37-31-51)76-63-20-5-7-22-65(63)77(66-23-8-6-21-64(66)76)55-38-34-52(35-39-55)61-44-45-72-70-27-12-19-53-18-11-26-69(75(53)70)71-29-13-28-62(61)80(71)72/h1-48H. The van der Waals surface area contributed by atoms with Crippen LogP contribution in [-0.4, -0.2) is 0 Å². The third-order valence-electron chi connectivity index (χ3n) is 17.5. The van der Waals surface area contributed by atoms with Crippen molar-refractivity contribution >= 4 is 108 Å². The van der Waals surface area contributed by atoms with Crippen molar-refractivity contribution in [3.63, 3.8) is 0 Å². The maximum absolute atomic E-state index is 2.45. The normalized spacial score (nSPS) is 12.0. The minimum atomic E-state index is 1.18. The highest BCUT2D eigenvalue weighted by molar-refractivity contribution is 6.34. The van der Waals surface area contributed by atoms with Gasteiger partial charge in [0.15, 0.2) is 0 Å². The van der Waals surface area contributed by atoms with Crippen molar-refractivity contribution in [3.05, 3.63) is 291 Å². The molecule has 0 nitrogen and oxygen atoms in total. The first-order valence-corrected chi connectivity index (χ1v) is 27.9. The molecule has 0 bridgehead atoms.